The van der Waals surface area contributed by atoms with Gasteiger partial charge in [0.2, 0.25) is 0 Å². The number of allylic oxidation sites excluding steroid dienone is 3. The molecule has 188 valence electrons. The fourth-order valence-corrected chi connectivity index (χ4v) is 3.84. The zero-order valence-corrected chi connectivity index (χ0v) is 21.8. The lowest BCUT2D eigenvalue weighted by atomic mass is 9.96. The lowest BCUT2D eigenvalue weighted by molar-refractivity contribution is 0.102. The molecule has 1 amide bonds. The number of rotatable bonds is 9. The van der Waals surface area contributed by atoms with Gasteiger partial charge in [-0.05, 0) is 98.8 Å². The highest BCUT2D eigenvalue weighted by Crippen LogP contribution is 2.30. The Hall–Kier alpha value is -3.99. The summed E-state index contributed by atoms with van der Waals surface area (Å²) < 4.78 is 6.07. The van der Waals surface area contributed by atoms with E-state index in [4.69, 9.17) is 10.5 Å². The first-order valence-corrected chi connectivity index (χ1v) is 12.4. The van der Waals surface area contributed by atoms with Gasteiger partial charge in [-0.15, -0.1) is 0 Å². The first-order chi connectivity index (χ1) is 17.2. The molecule has 0 radical (unpaired) electrons. The highest BCUT2D eigenvalue weighted by molar-refractivity contribution is 6.04. The summed E-state index contributed by atoms with van der Waals surface area (Å²) >= 11 is 0. The van der Waals surface area contributed by atoms with Gasteiger partial charge in [0.05, 0.1) is 0 Å². The molecule has 5 heteroatoms. The van der Waals surface area contributed by atoms with Crippen LogP contribution in [0.3, 0.4) is 0 Å². The summed E-state index contributed by atoms with van der Waals surface area (Å²) in [5.74, 6) is 1.14. The standard InChI is InChI=1S/C31H36N2O3/c1-6-8-9-29(32)27-17-13-24(18-30(27)34)33-31(35)23-11-15-25(16-12-23)36-26-14-10-21(4)28(19-26)22(5)20(3)7-2/h9-19,34H,6-8,32H2,1-5H3,(H,33,35)/b22-20-,29-9?. The van der Waals surface area contributed by atoms with E-state index >= 15 is 0 Å². The third-order valence-corrected chi connectivity index (χ3v) is 6.36. The number of unbranched alkanes of at least 4 members (excludes halogenated alkanes) is 1. The van der Waals surface area contributed by atoms with Crippen molar-refractivity contribution in [1.29, 1.82) is 0 Å². The predicted molar refractivity (Wildman–Crippen MR) is 149 cm³/mol. The molecule has 0 saturated carbocycles. The Morgan fingerprint density at radius 2 is 1.67 bits per heavy atom. The van der Waals surface area contributed by atoms with E-state index in [9.17, 15) is 9.90 Å². The number of benzene rings is 3. The van der Waals surface area contributed by atoms with Gasteiger partial charge in [-0.1, -0.05) is 38.0 Å². The zero-order chi connectivity index (χ0) is 26.2. The molecule has 0 aliphatic carbocycles. The van der Waals surface area contributed by atoms with Gasteiger partial charge in [-0.3, -0.25) is 4.79 Å². The summed E-state index contributed by atoms with van der Waals surface area (Å²) in [5.41, 5.74) is 13.1. The van der Waals surface area contributed by atoms with Crippen LogP contribution in [0.1, 0.15) is 74.0 Å². The Balaban J connectivity index is 1.70. The van der Waals surface area contributed by atoms with Crippen LogP contribution >= 0.6 is 0 Å². The largest absolute Gasteiger partial charge is 0.507 e. The molecular weight excluding hydrogens is 448 g/mol. The van der Waals surface area contributed by atoms with Gasteiger partial charge in [0.15, 0.2) is 0 Å². The molecule has 3 rings (SSSR count). The van der Waals surface area contributed by atoms with E-state index in [1.54, 1.807) is 36.4 Å². The Morgan fingerprint density at radius 1 is 0.972 bits per heavy atom. The van der Waals surface area contributed by atoms with Gasteiger partial charge < -0.3 is 20.9 Å². The average molecular weight is 485 g/mol. The van der Waals surface area contributed by atoms with Crippen molar-refractivity contribution in [3.63, 3.8) is 0 Å². The summed E-state index contributed by atoms with van der Waals surface area (Å²) in [6.45, 7) is 10.6. The van der Waals surface area contributed by atoms with Crippen molar-refractivity contribution in [3.05, 3.63) is 94.6 Å². The Labute approximate surface area is 214 Å². The van der Waals surface area contributed by atoms with Crippen LogP contribution in [0.2, 0.25) is 0 Å². The minimum Gasteiger partial charge on any atom is -0.507 e. The summed E-state index contributed by atoms with van der Waals surface area (Å²) in [6.07, 6.45) is 4.71. The fraction of sp³-hybridized carbons (Fsp3) is 0.258. The Bertz CT molecular complexity index is 1290. The van der Waals surface area contributed by atoms with Crippen LogP contribution in [-0.4, -0.2) is 11.0 Å². The maximum atomic E-state index is 12.7. The topological polar surface area (TPSA) is 84.6 Å². The van der Waals surface area contributed by atoms with Crippen LogP contribution in [0, 0.1) is 6.92 Å². The number of nitrogens with one attached hydrogen (secondary N) is 1. The maximum absolute atomic E-state index is 12.7. The third-order valence-electron chi connectivity index (χ3n) is 6.36. The second-order valence-electron chi connectivity index (χ2n) is 9.00. The first kappa shape index (κ1) is 26.6. The zero-order valence-electron chi connectivity index (χ0n) is 21.8. The molecule has 0 spiro atoms. The molecule has 3 aromatic carbocycles. The monoisotopic (exact) mass is 484 g/mol. The number of hydrogen-bond acceptors (Lipinski definition) is 4. The van der Waals surface area contributed by atoms with Crippen LogP contribution in [0.5, 0.6) is 17.2 Å². The number of amides is 1. The summed E-state index contributed by atoms with van der Waals surface area (Å²) in [5, 5.41) is 13.2. The van der Waals surface area contributed by atoms with Gasteiger partial charge in [0.25, 0.3) is 5.91 Å². The van der Waals surface area contributed by atoms with Gasteiger partial charge in [-0.2, -0.15) is 0 Å². The highest BCUT2D eigenvalue weighted by Gasteiger charge is 2.11. The third kappa shape index (κ3) is 6.57. The number of hydrogen-bond donors (Lipinski definition) is 3. The molecule has 5 nitrogen and oxygen atoms in total. The number of ether oxygens (including phenoxy) is 1. The minimum absolute atomic E-state index is 0.0260. The van der Waals surface area contributed by atoms with Gasteiger partial charge in [0, 0.05) is 28.6 Å². The van der Waals surface area contributed by atoms with E-state index in [0.717, 1.165) is 25.0 Å². The van der Waals surface area contributed by atoms with E-state index in [2.05, 4.69) is 52.1 Å². The number of aryl methyl sites for hydroxylation is 1. The number of aromatic hydroxyl groups is 1. The first-order valence-electron chi connectivity index (χ1n) is 12.4. The maximum Gasteiger partial charge on any atom is 0.255 e. The molecule has 0 aromatic heterocycles. The number of nitrogens with two attached hydrogens (primary N) is 1. The molecule has 36 heavy (non-hydrogen) atoms. The molecule has 0 heterocycles. The molecule has 4 N–H and O–H groups in total. The lowest BCUT2D eigenvalue weighted by Gasteiger charge is -2.13. The number of phenols is 1. The number of carbonyl (C=O) groups is 1. The summed E-state index contributed by atoms with van der Waals surface area (Å²) in [4.78, 5) is 12.7. The molecule has 0 unspecified atom stereocenters. The Kier molecular flexibility index (Phi) is 8.96. The normalized spacial score (nSPS) is 12.2. The van der Waals surface area contributed by atoms with Crippen molar-refractivity contribution in [1.82, 2.24) is 0 Å². The minimum atomic E-state index is -0.281. The van der Waals surface area contributed by atoms with Gasteiger partial charge in [-0.25, -0.2) is 0 Å². The SMILES string of the molecule is CCCC=C(N)c1ccc(NC(=O)c2ccc(Oc3ccc(C)c(/C(C)=C(/C)CC)c3)cc2)cc1O. The van der Waals surface area contributed by atoms with E-state index in [1.807, 2.05) is 12.1 Å². The van der Waals surface area contributed by atoms with E-state index in [-0.39, 0.29) is 11.7 Å². The molecule has 0 aliphatic heterocycles. The number of phenolic OH excluding ortho intramolecular Hbond substituents is 1. The van der Waals surface area contributed by atoms with Crippen LogP contribution in [0.25, 0.3) is 11.3 Å². The molecule has 3 aromatic rings. The van der Waals surface area contributed by atoms with Crippen LogP contribution in [-0.2, 0) is 0 Å². The second kappa shape index (κ2) is 12.1. The Morgan fingerprint density at radius 3 is 2.31 bits per heavy atom. The van der Waals surface area contributed by atoms with Crippen molar-refractivity contribution in [2.75, 3.05) is 5.32 Å². The number of anilines is 1. The van der Waals surface area contributed by atoms with Crippen molar-refractivity contribution >= 4 is 22.9 Å². The highest BCUT2D eigenvalue weighted by atomic mass is 16.5. The van der Waals surface area contributed by atoms with E-state index in [0.29, 0.717) is 28.3 Å². The molecular formula is C31H36N2O3. The average Bonchev–Trinajstić information content (AvgIpc) is 2.88. The van der Waals surface area contributed by atoms with E-state index in [1.165, 1.54) is 28.3 Å². The second-order valence-corrected chi connectivity index (χ2v) is 9.00. The fourth-order valence-electron chi connectivity index (χ4n) is 3.84. The smallest absolute Gasteiger partial charge is 0.255 e. The van der Waals surface area contributed by atoms with Crippen LogP contribution in [0.4, 0.5) is 5.69 Å². The molecule has 0 bridgehead atoms. The predicted octanol–water partition coefficient (Wildman–Crippen LogP) is 8.05. The van der Waals surface area contributed by atoms with Crippen molar-refractivity contribution < 1.29 is 14.6 Å². The van der Waals surface area contributed by atoms with Crippen molar-refractivity contribution in [2.45, 2.75) is 53.9 Å². The van der Waals surface area contributed by atoms with Crippen molar-refractivity contribution in [3.8, 4) is 17.2 Å². The van der Waals surface area contributed by atoms with E-state index < -0.39 is 0 Å². The molecule has 0 atom stereocenters. The quantitative estimate of drug-likeness (QED) is 0.287. The van der Waals surface area contributed by atoms with Crippen molar-refractivity contribution in [2.24, 2.45) is 5.73 Å². The summed E-state index contributed by atoms with van der Waals surface area (Å²) in [7, 11) is 0. The van der Waals surface area contributed by atoms with Gasteiger partial charge in [0.1, 0.15) is 17.2 Å². The van der Waals surface area contributed by atoms with Gasteiger partial charge >= 0.3 is 0 Å². The number of carbonyl (C=O) groups excluding carboxylic acids is 1. The summed E-state index contributed by atoms with van der Waals surface area (Å²) in [6, 6.07) is 18.0. The molecule has 0 saturated heterocycles. The van der Waals surface area contributed by atoms with Crippen LogP contribution in [0.15, 0.2) is 72.3 Å². The lowest BCUT2D eigenvalue weighted by Crippen LogP contribution is -2.11. The van der Waals surface area contributed by atoms with Crippen LogP contribution < -0.4 is 15.8 Å². The molecule has 0 aliphatic rings. The molecule has 0 fully saturated rings.